The number of fused-ring (bicyclic) bond motifs is 3. The van der Waals surface area contributed by atoms with Gasteiger partial charge in [0.2, 0.25) is 0 Å². The summed E-state index contributed by atoms with van der Waals surface area (Å²) < 4.78 is 30.1. The Morgan fingerprint density at radius 3 is 2.31 bits per heavy atom. The summed E-state index contributed by atoms with van der Waals surface area (Å²) in [4.78, 5) is 14.5. The first-order valence-electron chi connectivity index (χ1n) is 7.83. The Hall–Kier alpha value is -3.16. The molecule has 0 atom stereocenters. The number of sulfonamides is 1. The summed E-state index contributed by atoms with van der Waals surface area (Å²) in [5.74, 6) is -0.559. The number of hydrogen-bond acceptors (Lipinski definition) is 4. The highest BCUT2D eigenvalue weighted by atomic mass is 32.2. The number of furan rings is 1. The molecular weight excluding hydrogens is 352 g/mol. The zero-order valence-electron chi connectivity index (χ0n) is 13.5. The number of benzene rings is 3. The van der Waals surface area contributed by atoms with Crippen molar-refractivity contribution in [2.75, 3.05) is 0 Å². The van der Waals surface area contributed by atoms with Crippen LogP contribution in [0.4, 0.5) is 0 Å². The molecular formula is C19H14N2O4S. The number of amides is 1. The molecule has 0 aliphatic carbocycles. The average molecular weight is 366 g/mol. The summed E-state index contributed by atoms with van der Waals surface area (Å²) in [5.41, 5.74) is 3.94. The van der Waals surface area contributed by atoms with Crippen LogP contribution in [0.3, 0.4) is 0 Å². The minimum absolute atomic E-state index is 0.0663. The molecule has 0 spiro atoms. The lowest BCUT2D eigenvalue weighted by molar-refractivity contribution is 0.0945. The molecule has 0 fully saturated rings. The summed E-state index contributed by atoms with van der Waals surface area (Å²) in [6.45, 7) is 0. The first kappa shape index (κ1) is 16.3. The number of rotatable bonds is 4. The van der Waals surface area contributed by atoms with E-state index in [0.29, 0.717) is 11.1 Å². The molecule has 0 bridgehead atoms. The summed E-state index contributed by atoms with van der Waals surface area (Å²) in [5, 5.41) is 1.68. The van der Waals surface area contributed by atoms with Crippen molar-refractivity contribution in [3.05, 3.63) is 78.4 Å². The van der Waals surface area contributed by atoms with Crippen LogP contribution in [-0.2, 0) is 10.0 Å². The highest BCUT2D eigenvalue weighted by Gasteiger charge is 2.16. The second kappa shape index (κ2) is 6.29. The molecule has 2 N–H and O–H groups in total. The van der Waals surface area contributed by atoms with E-state index in [1.165, 1.54) is 12.1 Å². The van der Waals surface area contributed by atoms with Crippen molar-refractivity contribution in [1.29, 1.82) is 0 Å². The fourth-order valence-electron chi connectivity index (χ4n) is 2.71. The van der Waals surface area contributed by atoms with Crippen LogP contribution in [0.25, 0.3) is 21.9 Å². The fourth-order valence-corrected chi connectivity index (χ4v) is 3.57. The molecule has 0 radical (unpaired) electrons. The molecule has 1 aromatic heterocycles. The number of carbonyl (C=O) groups excluding carboxylic acids is 1. The third-order valence-corrected chi connectivity index (χ3v) is 5.25. The van der Waals surface area contributed by atoms with E-state index in [9.17, 15) is 13.2 Å². The molecule has 0 aliphatic rings. The summed E-state index contributed by atoms with van der Waals surface area (Å²) in [6.07, 6.45) is 0. The average Bonchev–Trinajstić information content (AvgIpc) is 3.05. The molecule has 3 aromatic carbocycles. The van der Waals surface area contributed by atoms with Gasteiger partial charge in [0.15, 0.2) is 0 Å². The summed E-state index contributed by atoms with van der Waals surface area (Å²) in [7, 11) is -3.83. The van der Waals surface area contributed by atoms with Gasteiger partial charge in [0, 0.05) is 16.3 Å². The van der Waals surface area contributed by atoms with Gasteiger partial charge in [-0.3, -0.25) is 10.2 Å². The SMILES string of the molecule is O=C(NNS(=O)(=O)c1ccccc1)c1ccc2oc3ccccc3c2c1. The van der Waals surface area contributed by atoms with E-state index < -0.39 is 15.9 Å². The molecule has 0 saturated heterocycles. The lowest BCUT2D eigenvalue weighted by Crippen LogP contribution is -2.41. The molecule has 6 nitrogen and oxygen atoms in total. The fraction of sp³-hybridized carbons (Fsp3) is 0. The van der Waals surface area contributed by atoms with E-state index in [4.69, 9.17) is 4.42 Å². The van der Waals surface area contributed by atoms with Gasteiger partial charge in [-0.15, -0.1) is 4.83 Å². The van der Waals surface area contributed by atoms with E-state index in [1.54, 1.807) is 36.4 Å². The lowest BCUT2D eigenvalue weighted by Gasteiger charge is -2.08. The van der Waals surface area contributed by atoms with Crippen LogP contribution >= 0.6 is 0 Å². The Kier molecular flexibility index (Phi) is 3.95. The van der Waals surface area contributed by atoms with E-state index in [1.807, 2.05) is 24.3 Å². The van der Waals surface area contributed by atoms with E-state index in [2.05, 4.69) is 10.3 Å². The Bertz CT molecular complexity index is 1210. The van der Waals surface area contributed by atoms with Gasteiger partial charge in [-0.1, -0.05) is 36.4 Å². The van der Waals surface area contributed by atoms with Gasteiger partial charge in [-0.05, 0) is 36.4 Å². The van der Waals surface area contributed by atoms with Gasteiger partial charge >= 0.3 is 0 Å². The van der Waals surface area contributed by atoms with Crippen molar-refractivity contribution >= 4 is 37.9 Å². The molecule has 7 heteroatoms. The molecule has 4 aromatic rings. The van der Waals surface area contributed by atoms with Crippen molar-refractivity contribution < 1.29 is 17.6 Å². The summed E-state index contributed by atoms with van der Waals surface area (Å²) >= 11 is 0. The zero-order chi connectivity index (χ0) is 18.1. The Balaban J connectivity index is 1.59. The molecule has 0 aliphatic heterocycles. The molecule has 130 valence electrons. The molecule has 0 unspecified atom stereocenters. The number of hydrogen-bond donors (Lipinski definition) is 2. The largest absolute Gasteiger partial charge is 0.456 e. The number of nitrogens with one attached hydrogen (secondary N) is 2. The first-order valence-corrected chi connectivity index (χ1v) is 9.31. The second-order valence-corrected chi connectivity index (χ2v) is 7.36. The third kappa shape index (κ3) is 2.94. The van der Waals surface area contributed by atoms with Crippen LogP contribution in [-0.4, -0.2) is 14.3 Å². The first-order chi connectivity index (χ1) is 12.5. The van der Waals surface area contributed by atoms with E-state index in [-0.39, 0.29) is 4.90 Å². The van der Waals surface area contributed by atoms with Crippen molar-refractivity contribution in [1.82, 2.24) is 10.3 Å². The minimum atomic E-state index is -3.83. The molecule has 1 heterocycles. The monoisotopic (exact) mass is 366 g/mol. The maximum Gasteiger partial charge on any atom is 0.266 e. The van der Waals surface area contributed by atoms with Crippen LogP contribution in [0.5, 0.6) is 0 Å². The zero-order valence-corrected chi connectivity index (χ0v) is 14.3. The van der Waals surface area contributed by atoms with Gasteiger partial charge in [0.25, 0.3) is 15.9 Å². The standard InChI is InChI=1S/C19H14N2O4S/c22-19(20-21-26(23,24)14-6-2-1-3-7-14)13-10-11-18-16(12-13)15-8-4-5-9-17(15)25-18/h1-12,21H,(H,20,22). The van der Waals surface area contributed by atoms with Gasteiger partial charge in [0.05, 0.1) is 4.90 Å². The van der Waals surface area contributed by atoms with Crippen molar-refractivity contribution in [2.24, 2.45) is 0 Å². The predicted molar refractivity (Wildman–Crippen MR) is 97.9 cm³/mol. The van der Waals surface area contributed by atoms with Gasteiger partial charge in [0.1, 0.15) is 11.2 Å². The second-order valence-electron chi connectivity index (χ2n) is 5.68. The quantitative estimate of drug-likeness (QED) is 0.543. The number of hydrazine groups is 1. The smallest absolute Gasteiger partial charge is 0.266 e. The van der Waals surface area contributed by atoms with Crippen molar-refractivity contribution in [3.63, 3.8) is 0 Å². The Morgan fingerprint density at radius 1 is 0.808 bits per heavy atom. The van der Waals surface area contributed by atoms with Gasteiger partial charge in [-0.25, -0.2) is 8.42 Å². The van der Waals surface area contributed by atoms with Crippen LogP contribution in [0, 0.1) is 0 Å². The van der Waals surface area contributed by atoms with Gasteiger partial charge < -0.3 is 4.42 Å². The topological polar surface area (TPSA) is 88.4 Å². The van der Waals surface area contributed by atoms with Gasteiger partial charge in [-0.2, -0.15) is 0 Å². The minimum Gasteiger partial charge on any atom is -0.456 e. The molecule has 4 rings (SSSR count). The maximum atomic E-state index is 12.4. The highest BCUT2D eigenvalue weighted by Crippen LogP contribution is 2.29. The Labute approximate surface area is 149 Å². The lowest BCUT2D eigenvalue weighted by atomic mass is 10.1. The van der Waals surface area contributed by atoms with Crippen LogP contribution in [0.1, 0.15) is 10.4 Å². The number of para-hydroxylation sites is 1. The third-order valence-electron chi connectivity index (χ3n) is 3.99. The normalized spacial score (nSPS) is 11.7. The van der Waals surface area contributed by atoms with Crippen molar-refractivity contribution in [3.8, 4) is 0 Å². The van der Waals surface area contributed by atoms with Crippen LogP contribution in [0.2, 0.25) is 0 Å². The predicted octanol–water partition coefficient (Wildman–Crippen LogP) is 3.21. The van der Waals surface area contributed by atoms with E-state index in [0.717, 1.165) is 16.4 Å². The summed E-state index contributed by atoms with van der Waals surface area (Å²) in [6, 6.07) is 20.3. The number of carbonyl (C=O) groups is 1. The van der Waals surface area contributed by atoms with E-state index >= 15 is 0 Å². The molecule has 1 amide bonds. The van der Waals surface area contributed by atoms with Crippen LogP contribution < -0.4 is 10.3 Å². The maximum absolute atomic E-state index is 12.4. The molecule has 0 saturated carbocycles. The Morgan fingerprint density at radius 2 is 1.50 bits per heavy atom. The molecule has 26 heavy (non-hydrogen) atoms. The van der Waals surface area contributed by atoms with Crippen molar-refractivity contribution in [2.45, 2.75) is 4.90 Å². The highest BCUT2D eigenvalue weighted by molar-refractivity contribution is 7.89. The van der Waals surface area contributed by atoms with Crippen LogP contribution in [0.15, 0.2) is 82.1 Å².